The summed E-state index contributed by atoms with van der Waals surface area (Å²) >= 11 is 0. The summed E-state index contributed by atoms with van der Waals surface area (Å²) in [6.07, 6.45) is 0. The van der Waals surface area contributed by atoms with E-state index in [1.54, 1.807) is 0 Å². The Morgan fingerprint density at radius 1 is 1.00 bits per heavy atom. The fraction of sp³-hybridized carbons (Fsp3) is 0. The quantitative estimate of drug-likeness (QED) is 0.430. The Hall–Kier alpha value is -0.0300. The van der Waals surface area contributed by atoms with Crippen LogP contribution in [0.15, 0.2) is 0 Å². The Morgan fingerprint density at radius 3 is 1.00 bits per heavy atom. The molecule has 0 spiro atoms. The standard InChI is InChI=1S/O3S.S/c1-4(2)3;. The van der Waals surface area contributed by atoms with Gasteiger partial charge in [-0.1, -0.05) is 0 Å². The largest absolute Gasteiger partial charge is 0.425 e. The smallest absolute Gasteiger partial charge is 0.142 e. The van der Waals surface area contributed by atoms with Gasteiger partial charge in [0, 0.05) is 13.5 Å². The predicted molar refractivity (Wildman–Crippen MR) is 17.3 cm³/mol. The molecule has 0 aliphatic heterocycles. The molecule has 0 saturated heterocycles. The molecule has 0 aromatic carbocycles. The number of rotatable bonds is 0. The average Bonchev–Trinajstić information content (AvgIpc) is 0.811. The maximum atomic E-state index is 8.44. The molecule has 2 radical (unpaired) electrons. The minimum atomic E-state index is -3.11. The van der Waals surface area contributed by atoms with Gasteiger partial charge < -0.3 is 0 Å². The van der Waals surface area contributed by atoms with Crippen LogP contribution in [-0.4, -0.2) is 12.6 Å². The third-order valence-corrected chi connectivity index (χ3v) is 0. The van der Waals surface area contributed by atoms with E-state index in [0.717, 1.165) is 0 Å². The van der Waals surface area contributed by atoms with Gasteiger partial charge in [-0.25, -0.2) is 0 Å². The van der Waals surface area contributed by atoms with Crippen LogP contribution in [0.2, 0.25) is 0 Å². The van der Waals surface area contributed by atoms with Gasteiger partial charge in [-0.2, -0.15) is 0 Å². The third-order valence-electron chi connectivity index (χ3n) is 0. The zero-order chi connectivity index (χ0) is 3.58. The molecule has 0 amide bonds. The van der Waals surface area contributed by atoms with Crippen LogP contribution in [0.5, 0.6) is 0 Å². The normalized spacial score (nSPS) is 4.80. The monoisotopic (exact) mass is 112 g/mol. The topological polar surface area (TPSA) is 51.2 Å². The van der Waals surface area contributed by atoms with Crippen molar-refractivity contribution in [2.75, 3.05) is 0 Å². The molecule has 3 nitrogen and oxygen atoms in total. The van der Waals surface area contributed by atoms with E-state index in [1.165, 1.54) is 0 Å². The first kappa shape index (κ1) is 8.88. The molecule has 5 heteroatoms. The highest BCUT2D eigenvalue weighted by Gasteiger charge is 1.40. The second-order valence-corrected chi connectivity index (χ2v) is 0.612. The molecule has 0 atom stereocenters. The lowest BCUT2D eigenvalue weighted by atomic mass is 15.9. The lowest BCUT2D eigenvalue weighted by Gasteiger charge is -1.11. The zero-order valence-electron chi connectivity index (χ0n) is 2.04. The van der Waals surface area contributed by atoms with Crippen LogP contribution >= 0.6 is 13.5 Å². The van der Waals surface area contributed by atoms with E-state index in [0.29, 0.717) is 0 Å². The molecule has 30 valence electrons. The van der Waals surface area contributed by atoms with Crippen LogP contribution < -0.4 is 0 Å². The molecule has 0 N–H and O–H groups in total. The van der Waals surface area contributed by atoms with E-state index >= 15 is 0 Å². The van der Waals surface area contributed by atoms with Crippen molar-refractivity contribution >= 4 is 24.1 Å². The van der Waals surface area contributed by atoms with Crippen molar-refractivity contribution in [3.05, 3.63) is 0 Å². The van der Waals surface area contributed by atoms with Gasteiger partial charge in [0.1, 0.15) is 0 Å². The molecular weight excluding hydrogens is 112 g/mol. The van der Waals surface area contributed by atoms with E-state index in [1.807, 2.05) is 0 Å². The van der Waals surface area contributed by atoms with Crippen molar-refractivity contribution in [1.82, 2.24) is 0 Å². The first-order valence-electron chi connectivity index (χ1n) is 0.500. The van der Waals surface area contributed by atoms with Crippen molar-refractivity contribution < 1.29 is 12.6 Å². The van der Waals surface area contributed by atoms with E-state index in [4.69, 9.17) is 12.6 Å². The van der Waals surface area contributed by atoms with Gasteiger partial charge in [-0.3, -0.25) is 0 Å². The third kappa shape index (κ3) is 17100. The fourth-order valence-electron chi connectivity index (χ4n) is 0. The van der Waals surface area contributed by atoms with Crippen molar-refractivity contribution in [2.45, 2.75) is 0 Å². The van der Waals surface area contributed by atoms with Gasteiger partial charge in [-0.15, -0.1) is 12.6 Å². The molecule has 0 aliphatic rings. The number of hydrogen-bond donors (Lipinski definition) is 0. The van der Waals surface area contributed by atoms with Crippen LogP contribution in [0, 0.1) is 0 Å². The Labute approximate surface area is 37.5 Å². The Kier molecular flexibility index (Phi) is 7.05. The first-order chi connectivity index (χ1) is 1.73. The number of hydrogen-bond acceptors (Lipinski definition) is 3. The van der Waals surface area contributed by atoms with Gasteiger partial charge in [-0.05, 0) is 0 Å². The fourth-order valence-corrected chi connectivity index (χ4v) is 0. The molecule has 0 heterocycles. The van der Waals surface area contributed by atoms with E-state index in [2.05, 4.69) is 0 Å². The molecule has 0 bridgehead atoms. The minimum absolute atomic E-state index is 0. The highest BCUT2D eigenvalue weighted by molar-refractivity contribution is 7.59. The average molecular weight is 112 g/mol. The van der Waals surface area contributed by atoms with Crippen molar-refractivity contribution in [3.63, 3.8) is 0 Å². The highest BCUT2D eigenvalue weighted by Crippen LogP contribution is 1.07. The van der Waals surface area contributed by atoms with Crippen LogP contribution in [0.3, 0.4) is 0 Å². The first-order valence-corrected chi connectivity index (χ1v) is 1.50. The summed E-state index contributed by atoms with van der Waals surface area (Å²) < 4.78 is 25.3. The minimum Gasteiger partial charge on any atom is -0.142 e. The molecule has 0 aromatic heterocycles. The van der Waals surface area contributed by atoms with Crippen LogP contribution in [-0.2, 0) is 10.6 Å². The highest BCUT2D eigenvalue weighted by atomic mass is 32.2. The molecule has 0 rings (SSSR count). The molecule has 0 saturated carbocycles. The van der Waals surface area contributed by atoms with Crippen molar-refractivity contribution in [3.8, 4) is 0 Å². The lowest BCUT2D eigenvalue weighted by molar-refractivity contribution is 0.559. The van der Waals surface area contributed by atoms with Crippen molar-refractivity contribution in [1.29, 1.82) is 0 Å². The summed E-state index contributed by atoms with van der Waals surface area (Å²) in [6.45, 7) is 0. The maximum Gasteiger partial charge on any atom is 0.425 e. The summed E-state index contributed by atoms with van der Waals surface area (Å²) in [5, 5.41) is 0. The van der Waals surface area contributed by atoms with Crippen LogP contribution in [0.25, 0.3) is 0 Å². The maximum absolute atomic E-state index is 8.44. The molecule has 5 heavy (non-hydrogen) atoms. The predicted octanol–water partition coefficient (Wildman–Crippen LogP) is -0.356. The molecule has 0 aromatic rings. The zero-order valence-corrected chi connectivity index (χ0v) is 3.67. The van der Waals surface area contributed by atoms with Crippen LogP contribution in [0.1, 0.15) is 0 Å². The van der Waals surface area contributed by atoms with Crippen LogP contribution in [0.4, 0.5) is 0 Å². The summed E-state index contributed by atoms with van der Waals surface area (Å²) in [5.41, 5.74) is 0. The van der Waals surface area contributed by atoms with E-state index < -0.39 is 10.6 Å². The second kappa shape index (κ2) is 3.97. The van der Waals surface area contributed by atoms with Gasteiger partial charge >= 0.3 is 10.6 Å². The van der Waals surface area contributed by atoms with Gasteiger partial charge in [0.05, 0.1) is 0 Å². The molecule has 0 unspecified atom stereocenters. The van der Waals surface area contributed by atoms with Gasteiger partial charge in [0.2, 0.25) is 0 Å². The Bertz CT molecular complexity index is 74.3. The summed E-state index contributed by atoms with van der Waals surface area (Å²) in [7, 11) is -3.11. The van der Waals surface area contributed by atoms with E-state index in [-0.39, 0.29) is 13.5 Å². The van der Waals surface area contributed by atoms with Gasteiger partial charge in [0.15, 0.2) is 0 Å². The summed E-state index contributed by atoms with van der Waals surface area (Å²) in [5.74, 6) is 0. The molecule has 0 aliphatic carbocycles. The Morgan fingerprint density at radius 2 is 1.00 bits per heavy atom. The lowest BCUT2D eigenvalue weighted by Crippen LogP contribution is -1.40. The van der Waals surface area contributed by atoms with E-state index in [9.17, 15) is 0 Å². The summed E-state index contributed by atoms with van der Waals surface area (Å²) in [6, 6.07) is 0. The summed E-state index contributed by atoms with van der Waals surface area (Å²) in [4.78, 5) is 0. The SMILES string of the molecule is O=S(=O)=O.[S]. The van der Waals surface area contributed by atoms with Gasteiger partial charge in [0.25, 0.3) is 0 Å². The van der Waals surface area contributed by atoms with Crippen molar-refractivity contribution in [2.24, 2.45) is 0 Å². The Balaban J connectivity index is 0. The second-order valence-electron chi connectivity index (χ2n) is 0.204. The molecule has 0 fully saturated rings. The molecular formula is O3S2.